The molecule has 3 heterocycles. The van der Waals surface area contributed by atoms with Gasteiger partial charge in [0.2, 0.25) is 0 Å². The number of alkyl halides is 3. The van der Waals surface area contributed by atoms with Crippen molar-refractivity contribution in [3.63, 3.8) is 0 Å². The number of carbonyl (C=O) groups excluding carboxylic acids is 2. The molecule has 0 saturated carbocycles. The zero-order chi connectivity index (χ0) is 22.9. The van der Waals surface area contributed by atoms with Crippen LogP contribution in [0.4, 0.5) is 13.2 Å². The van der Waals surface area contributed by atoms with E-state index in [9.17, 15) is 22.8 Å². The van der Waals surface area contributed by atoms with Gasteiger partial charge in [0.15, 0.2) is 5.58 Å². The molecule has 1 aromatic carbocycles. The SMILES string of the molecule is CCOC(=O)C1CCN(C(=O)c2cc3occc3n2Cc2ccc(C(F)(F)F)cc2)CC1. The Hall–Kier alpha value is -3.23. The topological polar surface area (TPSA) is 64.7 Å². The molecule has 3 aromatic rings. The summed E-state index contributed by atoms with van der Waals surface area (Å²) in [6, 6.07) is 8.27. The van der Waals surface area contributed by atoms with Crippen LogP contribution in [0.3, 0.4) is 0 Å². The van der Waals surface area contributed by atoms with Crippen molar-refractivity contribution < 1.29 is 31.9 Å². The minimum atomic E-state index is -4.40. The molecular formula is C23H23F3N2O4. The summed E-state index contributed by atoms with van der Waals surface area (Å²) in [6.45, 7) is 3.16. The number of aromatic nitrogens is 1. The lowest BCUT2D eigenvalue weighted by Gasteiger charge is -2.31. The Morgan fingerprint density at radius 1 is 1.12 bits per heavy atom. The number of benzene rings is 1. The molecule has 0 unspecified atom stereocenters. The third kappa shape index (κ3) is 4.37. The molecule has 1 amide bonds. The van der Waals surface area contributed by atoms with Crippen LogP contribution in [0.25, 0.3) is 11.1 Å². The summed E-state index contributed by atoms with van der Waals surface area (Å²) >= 11 is 0. The Bertz CT molecular complexity index is 1110. The lowest BCUT2D eigenvalue weighted by molar-refractivity contribution is -0.149. The van der Waals surface area contributed by atoms with Crippen molar-refractivity contribution in [2.24, 2.45) is 5.92 Å². The van der Waals surface area contributed by atoms with E-state index in [1.807, 2.05) is 0 Å². The average Bonchev–Trinajstić information content (AvgIpc) is 3.36. The Morgan fingerprint density at radius 2 is 1.81 bits per heavy atom. The number of halogens is 3. The molecule has 1 aliphatic heterocycles. The third-order valence-corrected chi connectivity index (χ3v) is 5.77. The second-order valence-corrected chi connectivity index (χ2v) is 7.80. The quantitative estimate of drug-likeness (QED) is 0.530. The molecule has 170 valence electrons. The summed E-state index contributed by atoms with van der Waals surface area (Å²) < 4.78 is 50.9. The number of carbonyl (C=O) groups is 2. The van der Waals surface area contributed by atoms with Gasteiger partial charge < -0.3 is 18.6 Å². The van der Waals surface area contributed by atoms with E-state index in [1.54, 1.807) is 28.5 Å². The number of fused-ring (bicyclic) bond motifs is 1. The highest BCUT2D eigenvalue weighted by Gasteiger charge is 2.31. The minimum absolute atomic E-state index is 0.203. The smallest absolute Gasteiger partial charge is 0.416 e. The number of esters is 1. The predicted octanol–water partition coefficient (Wildman–Crippen LogP) is 4.72. The number of likely N-dealkylation sites (tertiary alicyclic amines) is 1. The summed E-state index contributed by atoms with van der Waals surface area (Å²) in [7, 11) is 0. The summed E-state index contributed by atoms with van der Waals surface area (Å²) in [4.78, 5) is 26.9. The fourth-order valence-electron chi connectivity index (χ4n) is 4.05. The molecule has 4 rings (SSSR count). The van der Waals surface area contributed by atoms with Crippen molar-refractivity contribution in [1.29, 1.82) is 0 Å². The van der Waals surface area contributed by atoms with Crippen LogP contribution in [0.5, 0.6) is 0 Å². The maximum Gasteiger partial charge on any atom is 0.416 e. The van der Waals surface area contributed by atoms with Gasteiger partial charge in [0, 0.05) is 31.8 Å². The number of nitrogens with zero attached hydrogens (tertiary/aromatic N) is 2. The number of piperidine rings is 1. The lowest BCUT2D eigenvalue weighted by Crippen LogP contribution is -2.41. The van der Waals surface area contributed by atoms with Crippen LogP contribution >= 0.6 is 0 Å². The van der Waals surface area contributed by atoms with E-state index in [4.69, 9.17) is 9.15 Å². The number of rotatable bonds is 5. The first-order valence-corrected chi connectivity index (χ1v) is 10.5. The maximum atomic E-state index is 13.3. The first kappa shape index (κ1) is 22.0. The first-order chi connectivity index (χ1) is 15.3. The van der Waals surface area contributed by atoms with Gasteiger partial charge in [-0.25, -0.2) is 0 Å². The van der Waals surface area contributed by atoms with Gasteiger partial charge in [0.05, 0.1) is 29.9 Å². The maximum absolute atomic E-state index is 13.3. The summed E-state index contributed by atoms with van der Waals surface area (Å²) in [6.07, 6.45) is -1.84. The first-order valence-electron chi connectivity index (χ1n) is 10.5. The van der Waals surface area contributed by atoms with Crippen molar-refractivity contribution in [2.45, 2.75) is 32.5 Å². The molecule has 32 heavy (non-hydrogen) atoms. The molecule has 0 bridgehead atoms. The second kappa shape index (κ2) is 8.72. The van der Waals surface area contributed by atoms with Gasteiger partial charge >= 0.3 is 12.1 Å². The van der Waals surface area contributed by atoms with Crippen molar-refractivity contribution in [3.05, 3.63) is 59.5 Å². The van der Waals surface area contributed by atoms with Crippen LogP contribution in [-0.2, 0) is 22.3 Å². The van der Waals surface area contributed by atoms with Gasteiger partial charge in [-0.05, 0) is 37.5 Å². The van der Waals surface area contributed by atoms with Crippen LogP contribution in [-0.4, -0.2) is 41.0 Å². The van der Waals surface area contributed by atoms with Gasteiger partial charge in [-0.2, -0.15) is 13.2 Å². The molecule has 1 saturated heterocycles. The van der Waals surface area contributed by atoms with Crippen molar-refractivity contribution in [1.82, 2.24) is 9.47 Å². The molecule has 0 spiro atoms. The van der Waals surface area contributed by atoms with Crippen LogP contribution in [0.15, 0.2) is 47.1 Å². The van der Waals surface area contributed by atoms with Gasteiger partial charge in [-0.15, -0.1) is 0 Å². The molecular weight excluding hydrogens is 425 g/mol. The Morgan fingerprint density at radius 3 is 2.44 bits per heavy atom. The second-order valence-electron chi connectivity index (χ2n) is 7.80. The Labute approximate surface area is 182 Å². The van der Waals surface area contributed by atoms with Crippen molar-refractivity contribution in [2.75, 3.05) is 19.7 Å². The fourth-order valence-corrected chi connectivity index (χ4v) is 4.05. The van der Waals surface area contributed by atoms with Gasteiger partial charge in [0.25, 0.3) is 5.91 Å². The Kier molecular flexibility index (Phi) is 5.99. The molecule has 1 aliphatic rings. The highest BCUT2D eigenvalue weighted by atomic mass is 19.4. The monoisotopic (exact) mass is 448 g/mol. The lowest BCUT2D eigenvalue weighted by atomic mass is 9.97. The van der Waals surface area contributed by atoms with Crippen LogP contribution in [0.1, 0.15) is 41.4 Å². The van der Waals surface area contributed by atoms with Crippen molar-refractivity contribution in [3.8, 4) is 0 Å². The van der Waals surface area contributed by atoms with Gasteiger partial charge in [0.1, 0.15) is 5.69 Å². The molecule has 0 N–H and O–H groups in total. The predicted molar refractivity (Wildman–Crippen MR) is 110 cm³/mol. The van der Waals surface area contributed by atoms with E-state index >= 15 is 0 Å². The third-order valence-electron chi connectivity index (χ3n) is 5.77. The van der Waals surface area contributed by atoms with E-state index in [0.717, 1.165) is 12.1 Å². The zero-order valence-corrected chi connectivity index (χ0v) is 17.5. The highest BCUT2D eigenvalue weighted by molar-refractivity contribution is 5.97. The number of hydrogen-bond donors (Lipinski definition) is 0. The number of furan rings is 1. The normalized spacial score (nSPS) is 15.3. The molecule has 1 fully saturated rings. The number of hydrogen-bond acceptors (Lipinski definition) is 4. The molecule has 0 atom stereocenters. The summed E-state index contributed by atoms with van der Waals surface area (Å²) in [5.74, 6) is -0.650. The standard InChI is InChI=1S/C23H23F3N2O4/c1-2-31-22(30)16-7-10-27(11-8-16)21(29)19-13-20-18(9-12-32-20)28(19)14-15-3-5-17(6-4-15)23(24,25)26/h3-6,9,12-13,16H,2,7-8,10-11,14H2,1H3. The van der Waals surface area contributed by atoms with E-state index in [0.29, 0.717) is 54.9 Å². The number of ether oxygens (including phenoxy) is 1. The fraction of sp³-hybridized carbons (Fsp3) is 0.391. The summed E-state index contributed by atoms with van der Waals surface area (Å²) in [5.41, 5.74) is 1.53. The van der Waals surface area contributed by atoms with Crippen LogP contribution in [0, 0.1) is 5.92 Å². The van der Waals surface area contributed by atoms with Crippen LogP contribution < -0.4 is 0 Å². The van der Waals surface area contributed by atoms with Gasteiger partial charge in [-0.1, -0.05) is 12.1 Å². The minimum Gasteiger partial charge on any atom is -0.466 e. The van der Waals surface area contributed by atoms with E-state index in [1.165, 1.54) is 18.4 Å². The molecule has 0 aliphatic carbocycles. The van der Waals surface area contributed by atoms with E-state index in [2.05, 4.69) is 0 Å². The molecule has 0 radical (unpaired) electrons. The van der Waals surface area contributed by atoms with E-state index in [-0.39, 0.29) is 24.3 Å². The van der Waals surface area contributed by atoms with Crippen LogP contribution in [0.2, 0.25) is 0 Å². The van der Waals surface area contributed by atoms with Gasteiger partial charge in [-0.3, -0.25) is 9.59 Å². The summed E-state index contributed by atoms with van der Waals surface area (Å²) in [5, 5.41) is 0. The Balaban J connectivity index is 1.54. The largest absolute Gasteiger partial charge is 0.466 e. The molecule has 6 nitrogen and oxygen atoms in total. The van der Waals surface area contributed by atoms with E-state index < -0.39 is 11.7 Å². The zero-order valence-electron chi connectivity index (χ0n) is 17.5. The highest BCUT2D eigenvalue weighted by Crippen LogP contribution is 2.30. The van der Waals surface area contributed by atoms with Crippen molar-refractivity contribution >= 4 is 23.0 Å². The number of amides is 1. The average molecular weight is 448 g/mol. The molecule has 9 heteroatoms. The molecule has 2 aromatic heterocycles.